The van der Waals surface area contributed by atoms with E-state index in [9.17, 15) is 18.0 Å². The van der Waals surface area contributed by atoms with Crippen molar-refractivity contribution in [3.8, 4) is 11.4 Å². The van der Waals surface area contributed by atoms with Gasteiger partial charge in [0.1, 0.15) is 6.61 Å². The van der Waals surface area contributed by atoms with Gasteiger partial charge in [-0.05, 0) is 31.7 Å². The molecular weight excluding hydrogens is 363 g/mol. The van der Waals surface area contributed by atoms with Crippen molar-refractivity contribution < 1.29 is 22.7 Å². The van der Waals surface area contributed by atoms with Crippen molar-refractivity contribution in [3.63, 3.8) is 0 Å². The maximum Gasteiger partial charge on any atom is 0.411 e. The summed E-state index contributed by atoms with van der Waals surface area (Å²) in [5.41, 5.74) is 1.34. The molecule has 1 amide bonds. The number of aryl methyl sites for hydroxylation is 1. The van der Waals surface area contributed by atoms with Crippen LogP contribution in [-0.2, 0) is 11.8 Å². The molecule has 2 aromatic rings. The monoisotopic (exact) mass is 383 g/mol. The molecule has 0 atom stereocenters. The highest BCUT2D eigenvalue weighted by Crippen LogP contribution is 2.24. The lowest BCUT2D eigenvalue weighted by molar-refractivity contribution is -0.188. The molecule has 7 nitrogen and oxygen atoms in total. The lowest BCUT2D eigenvalue weighted by Crippen LogP contribution is -2.40. The van der Waals surface area contributed by atoms with E-state index in [1.165, 1.54) is 6.20 Å². The number of nitrogens with zero attached hydrogens (tertiary/aromatic N) is 4. The van der Waals surface area contributed by atoms with Crippen LogP contribution in [0.25, 0.3) is 11.4 Å². The summed E-state index contributed by atoms with van der Waals surface area (Å²) in [6, 6.07) is 1.56. The number of alkyl halides is 3. The number of rotatable bonds is 5. The van der Waals surface area contributed by atoms with Crippen LogP contribution in [0.5, 0.6) is 0 Å². The molecule has 0 radical (unpaired) electrons. The third-order valence-electron chi connectivity index (χ3n) is 4.43. The van der Waals surface area contributed by atoms with Gasteiger partial charge in [0, 0.05) is 19.3 Å². The van der Waals surface area contributed by atoms with Gasteiger partial charge in [0.25, 0.3) is 5.91 Å². The van der Waals surface area contributed by atoms with Gasteiger partial charge in [-0.15, -0.1) is 0 Å². The molecule has 1 saturated carbocycles. The molecule has 0 spiro atoms. The van der Waals surface area contributed by atoms with Gasteiger partial charge in [0.05, 0.1) is 30.0 Å². The predicted molar refractivity (Wildman–Crippen MR) is 89.8 cm³/mol. The lowest BCUT2D eigenvalue weighted by Gasteiger charge is -2.29. The van der Waals surface area contributed by atoms with Gasteiger partial charge in [-0.2, -0.15) is 13.2 Å². The molecule has 10 heteroatoms. The molecule has 2 heterocycles. The second-order valence-electron chi connectivity index (χ2n) is 6.53. The molecule has 0 aliphatic heterocycles. The van der Waals surface area contributed by atoms with Gasteiger partial charge in [-0.1, -0.05) is 0 Å². The van der Waals surface area contributed by atoms with E-state index in [0.29, 0.717) is 31.4 Å². The van der Waals surface area contributed by atoms with Gasteiger partial charge >= 0.3 is 6.18 Å². The average Bonchev–Trinajstić information content (AvgIpc) is 3.06. The van der Waals surface area contributed by atoms with Gasteiger partial charge in [0.2, 0.25) is 5.82 Å². The standard InChI is InChI=1S/C17H20F3N5O2/c1-25-10-21-8-14(25)13-6-7-22-15(24-13)16(26)23-11-2-4-12(5-3-11)27-9-17(18,19)20/h6-8,10-12H,2-5,9H2,1H3,(H,23,26)/t11-,12-. The molecule has 1 aliphatic rings. The highest BCUT2D eigenvalue weighted by molar-refractivity contribution is 5.91. The normalized spacial score (nSPS) is 20.4. The molecule has 27 heavy (non-hydrogen) atoms. The Bertz CT molecular complexity index is 785. The summed E-state index contributed by atoms with van der Waals surface area (Å²) in [4.78, 5) is 24.7. The van der Waals surface area contributed by atoms with Gasteiger partial charge in [-0.25, -0.2) is 15.0 Å². The minimum absolute atomic E-state index is 0.0455. The highest BCUT2D eigenvalue weighted by atomic mass is 19.4. The SMILES string of the molecule is Cn1cncc1-c1ccnc(C(=O)N[C@H]2CC[C@H](OCC(F)(F)F)CC2)n1. The molecule has 0 bridgehead atoms. The average molecular weight is 383 g/mol. The van der Waals surface area contributed by atoms with Crippen molar-refractivity contribution in [2.45, 2.75) is 44.0 Å². The highest BCUT2D eigenvalue weighted by Gasteiger charge is 2.31. The lowest BCUT2D eigenvalue weighted by atomic mass is 9.93. The van der Waals surface area contributed by atoms with E-state index < -0.39 is 24.8 Å². The number of amides is 1. The first kappa shape index (κ1) is 19.3. The van der Waals surface area contributed by atoms with Crippen LogP contribution in [0.4, 0.5) is 13.2 Å². The quantitative estimate of drug-likeness (QED) is 0.858. The summed E-state index contributed by atoms with van der Waals surface area (Å²) in [5.74, 6) is -0.358. The van der Waals surface area contributed by atoms with E-state index in [1.54, 1.807) is 23.2 Å². The van der Waals surface area contributed by atoms with Crippen LogP contribution in [0.2, 0.25) is 0 Å². The molecule has 0 saturated heterocycles. The van der Waals surface area contributed by atoms with Crippen molar-refractivity contribution in [2.24, 2.45) is 7.05 Å². The molecule has 146 valence electrons. The second-order valence-corrected chi connectivity index (χ2v) is 6.53. The fraction of sp³-hybridized carbons (Fsp3) is 0.529. The second kappa shape index (κ2) is 8.03. The summed E-state index contributed by atoms with van der Waals surface area (Å²) >= 11 is 0. The summed E-state index contributed by atoms with van der Waals surface area (Å²) in [5, 5.41) is 2.85. The van der Waals surface area contributed by atoms with E-state index in [-0.39, 0.29) is 11.9 Å². The zero-order valence-corrected chi connectivity index (χ0v) is 14.7. The maximum absolute atomic E-state index is 12.4. The van der Waals surface area contributed by atoms with Crippen LogP contribution in [0, 0.1) is 0 Å². The van der Waals surface area contributed by atoms with Crippen LogP contribution >= 0.6 is 0 Å². The van der Waals surface area contributed by atoms with Gasteiger partial charge in [0.15, 0.2) is 0 Å². The van der Waals surface area contributed by atoms with Crippen LogP contribution in [0.1, 0.15) is 36.3 Å². The summed E-state index contributed by atoms with van der Waals surface area (Å²) < 4.78 is 43.3. The third kappa shape index (κ3) is 5.25. The molecular formula is C17H20F3N5O2. The van der Waals surface area contributed by atoms with E-state index in [4.69, 9.17) is 4.74 Å². The smallest absolute Gasteiger partial charge is 0.369 e. The minimum atomic E-state index is -4.32. The number of nitrogens with one attached hydrogen (secondary N) is 1. The Morgan fingerprint density at radius 1 is 1.33 bits per heavy atom. The Hall–Kier alpha value is -2.49. The number of hydrogen-bond donors (Lipinski definition) is 1. The number of hydrogen-bond acceptors (Lipinski definition) is 5. The van der Waals surface area contributed by atoms with Crippen molar-refractivity contribution in [1.29, 1.82) is 0 Å². The zero-order chi connectivity index (χ0) is 19.4. The van der Waals surface area contributed by atoms with E-state index in [1.807, 2.05) is 7.05 Å². The molecule has 1 aliphatic carbocycles. The number of halogens is 3. The van der Waals surface area contributed by atoms with Gasteiger partial charge in [-0.3, -0.25) is 4.79 Å². The molecule has 1 N–H and O–H groups in total. The predicted octanol–water partition coefficient (Wildman–Crippen LogP) is 2.50. The minimum Gasteiger partial charge on any atom is -0.369 e. The number of carbonyl (C=O) groups is 1. The number of ether oxygens (including phenoxy) is 1. The summed E-state index contributed by atoms with van der Waals surface area (Å²) in [7, 11) is 1.82. The van der Waals surface area contributed by atoms with Crippen molar-refractivity contribution >= 4 is 5.91 Å². The summed E-state index contributed by atoms with van der Waals surface area (Å²) in [6.45, 7) is -1.23. The van der Waals surface area contributed by atoms with Gasteiger partial charge < -0.3 is 14.6 Å². The molecule has 3 rings (SSSR count). The van der Waals surface area contributed by atoms with Crippen molar-refractivity contribution in [3.05, 3.63) is 30.6 Å². The Morgan fingerprint density at radius 2 is 2.07 bits per heavy atom. The third-order valence-corrected chi connectivity index (χ3v) is 4.43. The number of imidazole rings is 1. The van der Waals surface area contributed by atoms with Crippen LogP contribution in [0.3, 0.4) is 0 Å². The topological polar surface area (TPSA) is 81.9 Å². The largest absolute Gasteiger partial charge is 0.411 e. The Morgan fingerprint density at radius 3 is 2.70 bits per heavy atom. The number of carbonyl (C=O) groups excluding carboxylic acids is 1. The van der Waals surface area contributed by atoms with E-state index >= 15 is 0 Å². The summed E-state index contributed by atoms with van der Waals surface area (Å²) in [6.07, 6.45) is 2.08. The van der Waals surface area contributed by atoms with Crippen molar-refractivity contribution in [2.75, 3.05) is 6.61 Å². The van der Waals surface area contributed by atoms with Crippen LogP contribution in [0.15, 0.2) is 24.8 Å². The zero-order valence-electron chi connectivity index (χ0n) is 14.7. The van der Waals surface area contributed by atoms with Crippen LogP contribution < -0.4 is 5.32 Å². The Kier molecular flexibility index (Phi) is 5.73. The maximum atomic E-state index is 12.4. The Balaban J connectivity index is 1.54. The molecule has 0 unspecified atom stereocenters. The number of aromatic nitrogens is 4. The Labute approximate surface area is 154 Å². The fourth-order valence-corrected chi connectivity index (χ4v) is 3.05. The van der Waals surface area contributed by atoms with Crippen molar-refractivity contribution in [1.82, 2.24) is 24.8 Å². The molecule has 2 aromatic heterocycles. The first-order chi connectivity index (χ1) is 12.8. The molecule has 1 fully saturated rings. The van der Waals surface area contributed by atoms with E-state index in [0.717, 1.165) is 5.69 Å². The first-order valence-corrected chi connectivity index (χ1v) is 8.61. The van der Waals surface area contributed by atoms with E-state index in [2.05, 4.69) is 20.3 Å². The molecule has 0 aromatic carbocycles. The van der Waals surface area contributed by atoms with Crippen LogP contribution in [-0.4, -0.2) is 50.4 Å². The fourth-order valence-electron chi connectivity index (χ4n) is 3.05. The first-order valence-electron chi connectivity index (χ1n) is 8.61.